The average molecular weight is 387 g/mol. The Balaban J connectivity index is 1.85. The van der Waals surface area contributed by atoms with Gasteiger partial charge < -0.3 is 0 Å². The van der Waals surface area contributed by atoms with E-state index in [4.69, 9.17) is 5.14 Å². The van der Waals surface area contributed by atoms with E-state index < -0.39 is 11.0 Å². The molecule has 2 heterocycles. The summed E-state index contributed by atoms with van der Waals surface area (Å²) in [6.07, 6.45) is 0. The van der Waals surface area contributed by atoms with Crippen molar-refractivity contribution in [2.24, 2.45) is 5.14 Å². The number of nitrogens with two attached hydrogens (primary N) is 1. The van der Waals surface area contributed by atoms with Crippen LogP contribution in [0, 0.1) is 6.92 Å². The number of imidazole rings is 1. The molecule has 4 aromatic rings. The van der Waals surface area contributed by atoms with E-state index in [1.807, 2.05) is 24.3 Å². The van der Waals surface area contributed by atoms with Gasteiger partial charge in [0.25, 0.3) is 0 Å². The summed E-state index contributed by atoms with van der Waals surface area (Å²) in [6.45, 7) is 2.98. The second kappa shape index (κ2) is 6.83. The highest BCUT2D eigenvalue weighted by Gasteiger charge is 2.16. The third-order valence-electron chi connectivity index (χ3n) is 4.68. The number of aryl methyl sites for hydroxylation is 2. The quantitative estimate of drug-likeness (QED) is 0.423. The van der Waals surface area contributed by atoms with E-state index in [9.17, 15) is 9.00 Å². The fourth-order valence-electron chi connectivity index (χ4n) is 3.47. The predicted molar refractivity (Wildman–Crippen MR) is 110 cm³/mol. The number of nitrogens with zero attached hydrogens (tertiary/aromatic N) is 2. The number of thiol groups is 1. The zero-order valence-electron chi connectivity index (χ0n) is 14.4. The maximum atomic E-state index is 13.0. The second-order valence-electron chi connectivity index (χ2n) is 6.36. The lowest BCUT2D eigenvalue weighted by Gasteiger charge is -2.04. The maximum absolute atomic E-state index is 13.0. The summed E-state index contributed by atoms with van der Waals surface area (Å²) in [5.74, 6) is 0.295. The number of aromatic nitrogens is 2. The molecule has 0 aliphatic heterocycles. The van der Waals surface area contributed by atoms with Gasteiger partial charge in [0, 0.05) is 10.1 Å². The minimum absolute atomic E-state index is 0.0871. The zero-order chi connectivity index (χ0) is 18.3. The van der Waals surface area contributed by atoms with Gasteiger partial charge in [0.15, 0.2) is 0 Å². The van der Waals surface area contributed by atoms with E-state index in [0.717, 1.165) is 16.6 Å². The van der Waals surface area contributed by atoms with Gasteiger partial charge in [-0.15, -0.1) is 11.3 Å². The molecular weight excluding hydrogens is 366 g/mol. The van der Waals surface area contributed by atoms with Crippen LogP contribution in [0.3, 0.4) is 0 Å². The van der Waals surface area contributed by atoms with Gasteiger partial charge in [-0.1, -0.05) is 28.5 Å². The molecule has 0 saturated heterocycles. The Kier molecular flexibility index (Phi) is 4.52. The third kappa shape index (κ3) is 2.92. The monoisotopic (exact) mass is 386 g/mol. The van der Waals surface area contributed by atoms with E-state index in [1.54, 1.807) is 20.5 Å². The molecule has 0 radical (unpaired) electrons. The van der Waals surface area contributed by atoms with E-state index in [0.29, 0.717) is 18.8 Å². The molecular formula is C19H20N3O2S2+. The van der Waals surface area contributed by atoms with Gasteiger partial charge in [-0.3, -0.25) is 9.13 Å². The van der Waals surface area contributed by atoms with Gasteiger partial charge in [0.2, 0.25) is 0 Å². The van der Waals surface area contributed by atoms with Gasteiger partial charge in [-0.25, -0.2) is 4.79 Å². The minimum Gasteiger partial charge on any atom is -0.287 e. The molecule has 0 aliphatic rings. The number of hydrogen-bond donors (Lipinski definition) is 1. The molecule has 0 saturated carbocycles. The lowest BCUT2D eigenvalue weighted by molar-refractivity contribution is 0.591. The molecule has 2 N–H and O–H groups in total. The summed E-state index contributed by atoms with van der Waals surface area (Å²) < 4.78 is 16.0. The molecule has 2 aromatic carbocycles. The molecule has 0 spiro atoms. The molecule has 0 aliphatic carbocycles. The third-order valence-corrected chi connectivity index (χ3v) is 6.32. The van der Waals surface area contributed by atoms with E-state index in [-0.39, 0.29) is 5.69 Å². The van der Waals surface area contributed by atoms with Crippen molar-refractivity contribution in [1.29, 1.82) is 0 Å². The number of benzene rings is 2. The van der Waals surface area contributed by atoms with E-state index >= 15 is 0 Å². The SMILES string of the molecule is Cc1cccc2scc(Cn3c(=O)n(CC[SH+](N)=O)c4ccccc43)c12. The molecule has 4 rings (SSSR count). The summed E-state index contributed by atoms with van der Waals surface area (Å²) in [7, 11) is -1.77. The summed E-state index contributed by atoms with van der Waals surface area (Å²) in [5, 5.41) is 8.78. The molecule has 5 nitrogen and oxygen atoms in total. The smallest absolute Gasteiger partial charge is 0.287 e. The summed E-state index contributed by atoms with van der Waals surface area (Å²) >= 11 is 1.70. The Bertz CT molecular complexity index is 1190. The molecule has 134 valence electrons. The minimum atomic E-state index is -1.77. The lowest BCUT2D eigenvalue weighted by atomic mass is 10.1. The first kappa shape index (κ1) is 17.2. The highest BCUT2D eigenvalue weighted by atomic mass is 32.2. The van der Waals surface area contributed by atoms with Crippen LogP contribution in [-0.4, -0.2) is 14.9 Å². The Labute approximate surface area is 157 Å². The molecule has 1 unspecified atom stereocenters. The molecule has 0 amide bonds. The van der Waals surface area contributed by atoms with Gasteiger partial charge in [-0.05, 0) is 41.6 Å². The van der Waals surface area contributed by atoms with Gasteiger partial charge in [0.1, 0.15) is 16.7 Å². The Morgan fingerprint density at radius 2 is 1.81 bits per heavy atom. The maximum Gasteiger partial charge on any atom is 0.329 e. The molecule has 2 aromatic heterocycles. The van der Waals surface area contributed by atoms with Crippen LogP contribution >= 0.6 is 11.3 Å². The fraction of sp³-hybridized carbons (Fsp3) is 0.211. The number of rotatable bonds is 5. The molecule has 0 fully saturated rings. The highest BCUT2D eigenvalue weighted by molar-refractivity contribution is 7.82. The molecule has 26 heavy (non-hydrogen) atoms. The topological polar surface area (TPSA) is 70.0 Å². The lowest BCUT2D eigenvalue weighted by Crippen LogP contribution is -2.27. The molecule has 7 heteroatoms. The Hall–Kier alpha value is -2.22. The van der Waals surface area contributed by atoms with Crippen molar-refractivity contribution in [3.63, 3.8) is 0 Å². The first-order valence-electron chi connectivity index (χ1n) is 8.39. The van der Waals surface area contributed by atoms with Crippen molar-refractivity contribution in [2.45, 2.75) is 20.0 Å². The van der Waals surface area contributed by atoms with E-state index in [2.05, 4.69) is 30.5 Å². The van der Waals surface area contributed by atoms with Gasteiger partial charge in [0.05, 0.1) is 24.1 Å². The standard InChI is InChI=1S/C19H19N3O2S2/c1-13-5-4-8-17-18(13)14(12-25-17)11-22-16-7-3-2-6-15(16)21(19(22)23)9-10-26(20)24/h2-8,12H,9-11H2,1H3,(H2,20,24)/p+1. The molecule has 1 atom stereocenters. The van der Waals surface area contributed by atoms with Crippen LogP contribution < -0.4 is 10.8 Å². The Morgan fingerprint density at radius 3 is 2.54 bits per heavy atom. The van der Waals surface area contributed by atoms with Crippen LogP contribution in [0.5, 0.6) is 0 Å². The normalized spacial score (nSPS) is 12.8. The predicted octanol–water partition coefficient (Wildman–Crippen LogP) is 2.94. The van der Waals surface area contributed by atoms with Crippen LogP contribution in [0.1, 0.15) is 11.1 Å². The number of hydrogen-bond acceptors (Lipinski definition) is 3. The Morgan fingerprint density at radius 1 is 1.08 bits per heavy atom. The number of fused-ring (bicyclic) bond motifs is 2. The van der Waals surface area contributed by atoms with E-state index in [1.165, 1.54) is 15.6 Å². The average Bonchev–Trinajstić information content (AvgIpc) is 3.15. The van der Waals surface area contributed by atoms with Crippen LogP contribution in [0.15, 0.2) is 52.6 Å². The largest absolute Gasteiger partial charge is 0.329 e. The van der Waals surface area contributed by atoms with Crippen molar-refractivity contribution in [3.05, 3.63) is 69.5 Å². The fourth-order valence-corrected chi connectivity index (χ4v) is 4.90. The van der Waals surface area contributed by atoms with Crippen LogP contribution in [0.4, 0.5) is 0 Å². The van der Waals surface area contributed by atoms with Crippen LogP contribution in [0.2, 0.25) is 0 Å². The van der Waals surface area contributed by atoms with Crippen LogP contribution in [0.25, 0.3) is 21.1 Å². The van der Waals surface area contributed by atoms with Gasteiger partial charge in [-0.2, -0.15) is 5.14 Å². The van der Waals surface area contributed by atoms with Crippen molar-refractivity contribution < 1.29 is 4.21 Å². The van der Waals surface area contributed by atoms with Gasteiger partial charge >= 0.3 is 5.69 Å². The zero-order valence-corrected chi connectivity index (χ0v) is 16.1. The summed E-state index contributed by atoms with van der Waals surface area (Å²) in [5.41, 5.74) is 4.02. The van der Waals surface area contributed by atoms with Crippen molar-refractivity contribution in [1.82, 2.24) is 9.13 Å². The van der Waals surface area contributed by atoms with Crippen LogP contribution in [-0.2, 0) is 28.3 Å². The number of para-hydroxylation sites is 2. The molecule has 0 bridgehead atoms. The summed E-state index contributed by atoms with van der Waals surface area (Å²) in [6, 6.07) is 14.0. The van der Waals surface area contributed by atoms with Crippen molar-refractivity contribution in [2.75, 3.05) is 5.75 Å². The van der Waals surface area contributed by atoms with Crippen molar-refractivity contribution >= 4 is 43.4 Å². The first-order chi connectivity index (χ1) is 12.6. The second-order valence-corrected chi connectivity index (χ2v) is 8.55. The highest BCUT2D eigenvalue weighted by Crippen LogP contribution is 2.29. The van der Waals surface area contributed by atoms with Crippen molar-refractivity contribution in [3.8, 4) is 0 Å². The number of thiophene rings is 1. The summed E-state index contributed by atoms with van der Waals surface area (Å²) in [4.78, 5) is 13.0. The first-order valence-corrected chi connectivity index (χ1v) is 10.8.